The minimum atomic E-state index is -0.725. The van der Waals surface area contributed by atoms with Gasteiger partial charge < -0.3 is 10.0 Å². The Kier molecular flexibility index (Phi) is 4.12. The van der Waals surface area contributed by atoms with E-state index in [9.17, 15) is 9.59 Å². The minimum absolute atomic E-state index is 0.158. The molecule has 2 rings (SSSR count). The number of carbonyl (C=O) groups is 2. The molecule has 1 aromatic carbocycles. The molecule has 0 bridgehead atoms. The van der Waals surface area contributed by atoms with Crippen molar-refractivity contribution in [3.63, 3.8) is 0 Å². The van der Waals surface area contributed by atoms with E-state index in [0.717, 1.165) is 12.8 Å². The highest BCUT2D eigenvalue weighted by molar-refractivity contribution is 6.35. The van der Waals surface area contributed by atoms with E-state index in [2.05, 4.69) is 10.5 Å². The Morgan fingerprint density at radius 2 is 1.84 bits per heavy atom. The molecule has 1 aliphatic heterocycles. The molecule has 0 unspecified atom stereocenters. The lowest BCUT2D eigenvalue weighted by atomic mass is 10.2. The van der Waals surface area contributed by atoms with Crippen LogP contribution in [0.2, 0.25) is 0 Å². The summed E-state index contributed by atoms with van der Waals surface area (Å²) < 4.78 is 0. The molecule has 19 heavy (non-hydrogen) atoms. The maximum atomic E-state index is 11.6. The summed E-state index contributed by atoms with van der Waals surface area (Å²) in [6.07, 6.45) is 3.29. The second-order valence-corrected chi connectivity index (χ2v) is 4.29. The molecule has 6 nitrogen and oxygen atoms in total. The molecule has 0 aromatic heterocycles. The first kappa shape index (κ1) is 13.1. The van der Waals surface area contributed by atoms with Crippen LogP contribution in [0.25, 0.3) is 0 Å². The van der Waals surface area contributed by atoms with Gasteiger partial charge in [-0.1, -0.05) is 0 Å². The number of phenols is 1. The molecule has 6 heteroatoms. The van der Waals surface area contributed by atoms with Gasteiger partial charge in [0.15, 0.2) is 0 Å². The van der Waals surface area contributed by atoms with E-state index in [0.29, 0.717) is 18.7 Å². The van der Waals surface area contributed by atoms with Crippen LogP contribution < -0.4 is 5.43 Å². The normalized spacial score (nSPS) is 14.8. The first-order valence-corrected chi connectivity index (χ1v) is 6.08. The van der Waals surface area contributed by atoms with Gasteiger partial charge in [-0.25, -0.2) is 5.43 Å². The zero-order chi connectivity index (χ0) is 13.7. The summed E-state index contributed by atoms with van der Waals surface area (Å²) in [5.74, 6) is -1.11. The number of hydrazone groups is 1. The van der Waals surface area contributed by atoms with E-state index in [1.165, 1.54) is 23.2 Å². The number of nitrogens with one attached hydrogen (secondary N) is 1. The monoisotopic (exact) mass is 261 g/mol. The average molecular weight is 261 g/mol. The molecular weight excluding hydrogens is 246 g/mol. The van der Waals surface area contributed by atoms with E-state index in [1.807, 2.05) is 0 Å². The molecular formula is C13H15N3O3. The Bertz CT molecular complexity index is 490. The summed E-state index contributed by atoms with van der Waals surface area (Å²) in [5, 5.41) is 12.8. The lowest BCUT2D eigenvalue weighted by molar-refractivity contribution is -0.145. The van der Waals surface area contributed by atoms with Crippen LogP contribution in [0.15, 0.2) is 29.4 Å². The van der Waals surface area contributed by atoms with Gasteiger partial charge in [0, 0.05) is 13.1 Å². The minimum Gasteiger partial charge on any atom is -0.508 e. The third-order valence-corrected chi connectivity index (χ3v) is 2.86. The van der Waals surface area contributed by atoms with Crippen molar-refractivity contribution < 1.29 is 14.7 Å². The Morgan fingerprint density at radius 3 is 2.47 bits per heavy atom. The van der Waals surface area contributed by atoms with Crippen LogP contribution in [-0.2, 0) is 9.59 Å². The number of aromatic hydroxyl groups is 1. The second-order valence-electron chi connectivity index (χ2n) is 4.29. The number of carbonyl (C=O) groups excluding carboxylic acids is 2. The quantitative estimate of drug-likeness (QED) is 0.461. The van der Waals surface area contributed by atoms with Crippen LogP contribution >= 0.6 is 0 Å². The Balaban J connectivity index is 1.85. The van der Waals surface area contributed by atoms with Gasteiger partial charge in [0.2, 0.25) is 0 Å². The molecule has 0 aliphatic carbocycles. The lowest BCUT2D eigenvalue weighted by Gasteiger charge is -2.12. The zero-order valence-corrected chi connectivity index (χ0v) is 10.4. The fourth-order valence-electron chi connectivity index (χ4n) is 1.84. The maximum Gasteiger partial charge on any atom is 0.329 e. The summed E-state index contributed by atoms with van der Waals surface area (Å²) in [7, 11) is 0. The molecule has 1 aliphatic rings. The van der Waals surface area contributed by atoms with Crippen molar-refractivity contribution >= 4 is 18.0 Å². The fraction of sp³-hybridized carbons (Fsp3) is 0.308. The molecule has 0 radical (unpaired) electrons. The standard InChI is InChI=1S/C13H15N3O3/c17-11-5-3-10(4-6-11)9-14-15-12(18)13(19)16-7-1-2-8-16/h3-6,9,17H,1-2,7-8H2,(H,15,18)/b14-9+. The fourth-order valence-corrected chi connectivity index (χ4v) is 1.84. The largest absolute Gasteiger partial charge is 0.508 e. The summed E-state index contributed by atoms with van der Waals surface area (Å²) >= 11 is 0. The van der Waals surface area contributed by atoms with E-state index >= 15 is 0 Å². The molecule has 1 saturated heterocycles. The number of nitrogens with zero attached hydrogens (tertiary/aromatic N) is 2. The van der Waals surface area contributed by atoms with E-state index in [4.69, 9.17) is 5.11 Å². The smallest absolute Gasteiger partial charge is 0.329 e. The molecule has 100 valence electrons. The molecule has 0 saturated carbocycles. The van der Waals surface area contributed by atoms with Crippen molar-refractivity contribution in [2.75, 3.05) is 13.1 Å². The van der Waals surface area contributed by atoms with Crippen LogP contribution in [0.4, 0.5) is 0 Å². The Labute approximate surface area is 110 Å². The zero-order valence-electron chi connectivity index (χ0n) is 10.4. The average Bonchev–Trinajstić information content (AvgIpc) is 2.94. The molecule has 2 N–H and O–H groups in total. The third-order valence-electron chi connectivity index (χ3n) is 2.86. The first-order valence-electron chi connectivity index (χ1n) is 6.08. The van der Waals surface area contributed by atoms with E-state index < -0.39 is 11.8 Å². The van der Waals surface area contributed by atoms with Gasteiger partial charge in [-0.05, 0) is 42.7 Å². The van der Waals surface area contributed by atoms with Crippen molar-refractivity contribution in [3.8, 4) is 5.75 Å². The van der Waals surface area contributed by atoms with Gasteiger partial charge in [-0.2, -0.15) is 5.10 Å². The van der Waals surface area contributed by atoms with E-state index in [-0.39, 0.29) is 5.75 Å². The third kappa shape index (κ3) is 3.54. The number of likely N-dealkylation sites (tertiary alicyclic amines) is 1. The van der Waals surface area contributed by atoms with Crippen molar-refractivity contribution in [2.24, 2.45) is 5.10 Å². The van der Waals surface area contributed by atoms with Gasteiger partial charge in [-0.3, -0.25) is 9.59 Å². The predicted molar refractivity (Wildman–Crippen MR) is 69.7 cm³/mol. The molecule has 1 aromatic rings. The molecule has 0 atom stereocenters. The van der Waals surface area contributed by atoms with Crippen molar-refractivity contribution in [3.05, 3.63) is 29.8 Å². The summed E-state index contributed by atoms with van der Waals surface area (Å²) in [4.78, 5) is 24.7. The summed E-state index contributed by atoms with van der Waals surface area (Å²) in [6.45, 7) is 1.27. The number of rotatable bonds is 2. The highest BCUT2D eigenvalue weighted by Crippen LogP contribution is 2.08. The number of amides is 2. The molecule has 2 amide bonds. The predicted octanol–water partition coefficient (Wildman–Crippen LogP) is 0.465. The summed E-state index contributed by atoms with van der Waals surface area (Å²) in [6, 6.07) is 6.32. The summed E-state index contributed by atoms with van der Waals surface area (Å²) in [5.41, 5.74) is 2.91. The Morgan fingerprint density at radius 1 is 1.21 bits per heavy atom. The number of phenolic OH excluding ortho intramolecular Hbond substituents is 1. The van der Waals surface area contributed by atoms with E-state index in [1.54, 1.807) is 12.1 Å². The van der Waals surface area contributed by atoms with Gasteiger partial charge >= 0.3 is 11.8 Å². The van der Waals surface area contributed by atoms with Crippen LogP contribution in [0.3, 0.4) is 0 Å². The van der Waals surface area contributed by atoms with Crippen LogP contribution in [0.1, 0.15) is 18.4 Å². The van der Waals surface area contributed by atoms with Gasteiger partial charge in [0.25, 0.3) is 0 Å². The molecule has 0 spiro atoms. The highest BCUT2D eigenvalue weighted by atomic mass is 16.3. The number of benzene rings is 1. The van der Waals surface area contributed by atoms with Crippen molar-refractivity contribution in [1.29, 1.82) is 0 Å². The van der Waals surface area contributed by atoms with Crippen molar-refractivity contribution in [2.45, 2.75) is 12.8 Å². The topological polar surface area (TPSA) is 82.0 Å². The first-order chi connectivity index (χ1) is 9.16. The molecule has 1 heterocycles. The van der Waals surface area contributed by atoms with Gasteiger partial charge in [-0.15, -0.1) is 0 Å². The van der Waals surface area contributed by atoms with Crippen molar-refractivity contribution in [1.82, 2.24) is 10.3 Å². The van der Waals surface area contributed by atoms with Gasteiger partial charge in [0.1, 0.15) is 5.75 Å². The van der Waals surface area contributed by atoms with Crippen LogP contribution in [0, 0.1) is 0 Å². The number of hydrogen-bond donors (Lipinski definition) is 2. The highest BCUT2D eigenvalue weighted by Gasteiger charge is 2.23. The Hall–Kier alpha value is -2.37. The lowest BCUT2D eigenvalue weighted by Crippen LogP contribution is -2.39. The number of hydrogen-bond acceptors (Lipinski definition) is 4. The SMILES string of the molecule is O=C(N/N=C/c1ccc(O)cc1)C(=O)N1CCCC1. The molecule has 1 fully saturated rings. The van der Waals surface area contributed by atoms with Crippen LogP contribution in [0.5, 0.6) is 5.75 Å². The van der Waals surface area contributed by atoms with Crippen LogP contribution in [-0.4, -0.2) is 41.1 Å². The maximum absolute atomic E-state index is 11.6. The second kappa shape index (κ2) is 5.99. The van der Waals surface area contributed by atoms with Gasteiger partial charge in [0.05, 0.1) is 6.21 Å².